The third kappa shape index (κ3) is 5.03. The third-order valence-electron chi connectivity index (χ3n) is 8.76. The number of aliphatic hydroxyl groups is 1. The number of β-amino-alcohol motifs (C(OH)–C–C–N with tert-alkyl or cyclic N) is 1. The van der Waals surface area contributed by atoms with Gasteiger partial charge in [-0.1, -0.05) is 19.1 Å². The van der Waals surface area contributed by atoms with Crippen LogP contribution in [0.5, 0.6) is 0 Å². The Balaban J connectivity index is 1.61. The van der Waals surface area contributed by atoms with E-state index in [0.29, 0.717) is 58.5 Å². The summed E-state index contributed by atoms with van der Waals surface area (Å²) in [5, 5.41) is 9.83. The summed E-state index contributed by atoms with van der Waals surface area (Å²) in [6.45, 7) is 13.9. The Morgan fingerprint density at radius 2 is 1.97 bits per heavy atom. The monoisotopic (exact) mass is 533 g/mol. The lowest BCUT2D eigenvalue weighted by atomic mass is 9.65. The van der Waals surface area contributed by atoms with Gasteiger partial charge in [0.15, 0.2) is 0 Å². The lowest BCUT2D eigenvalue weighted by molar-refractivity contribution is -0.162. The van der Waals surface area contributed by atoms with Gasteiger partial charge in [-0.15, -0.1) is 13.2 Å². The molecule has 4 aliphatic heterocycles. The molecule has 4 fully saturated rings. The van der Waals surface area contributed by atoms with Gasteiger partial charge >= 0.3 is 5.97 Å². The summed E-state index contributed by atoms with van der Waals surface area (Å²) in [6, 6.07) is -0.913. The number of fused-ring (bicyclic) bond motifs is 1. The summed E-state index contributed by atoms with van der Waals surface area (Å²) < 4.78 is 17.8. The Morgan fingerprint density at radius 3 is 2.63 bits per heavy atom. The SMILES string of the molecule is C=CCCCOC(=O)[C@@H]1[C@H]2C(=O)N(CCO)C(C(=O)N(CC=C)CCN3CCOCC3)C23CC[C@@]1(CC)O3. The van der Waals surface area contributed by atoms with E-state index < -0.39 is 35.0 Å². The molecule has 10 heteroatoms. The molecule has 1 spiro atoms. The van der Waals surface area contributed by atoms with Gasteiger partial charge in [-0.25, -0.2) is 0 Å². The van der Waals surface area contributed by atoms with Crippen molar-refractivity contribution in [3.8, 4) is 0 Å². The molecule has 2 unspecified atom stereocenters. The second-order valence-electron chi connectivity index (χ2n) is 10.7. The molecule has 212 valence electrons. The highest BCUT2D eigenvalue weighted by atomic mass is 16.6. The maximum atomic E-state index is 14.2. The van der Waals surface area contributed by atoms with E-state index in [9.17, 15) is 19.5 Å². The van der Waals surface area contributed by atoms with E-state index in [2.05, 4.69) is 18.1 Å². The smallest absolute Gasteiger partial charge is 0.312 e. The molecule has 0 aromatic rings. The zero-order valence-corrected chi connectivity index (χ0v) is 22.6. The highest BCUT2D eigenvalue weighted by Gasteiger charge is 2.79. The van der Waals surface area contributed by atoms with Gasteiger partial charge in [0.05, 0.1) is 37.9 Å². The number of aliphatic hydroxyl groups excluding tert-OH is 1. The molecule has 4 saturated heterocycles. The highest BCUT2D eigenvalue weighted by molar-refractivity contribution is 5.98. The quantitative estimate of drug-likeness (QED) is 0.200. The third-order valence-corrected chi connectivity index (χ3v) is 8.76. The van der Waals surface area contributed by atoms with Gasteiger partial charge in [-0.05, 0) is 32.1 Å². The second-order valence-corrected chi connectivity index (χ2v) is 10.7. The molecule has 0 aromatic heterocycles. The van der Waals surface area contributed by atoms with E-state index in [1.807, 2.05) is 6.92 Å². The minimum Gasteiger partial charge on any atom is -0.465 e. The fourth-order valence-corrected chi connectivity index (χ4v) is 6.90. The van der Waals surface area contributed by atoms with Gasteiger partial charge in [0, 0.05) is 39.3 Å². The van der Waals surface area contributed by atoms with E-state index in [-0.39, 0.29) is 31.6 Å². The zero-order chi connectivity index (χ0) is 27.3. The Bertz CT molecular complexity index is 907. The van der Waals surface area contributed by atoms with Crippen LogP contribution >= 0.6 is 0 Å². The van der Waals surface area contributed by atoms with E-state index >= 15 is 0 Å². The van der Waals surface area contributed by atoms with Crippen LogP contribution in [0.1, 0.15) is 39.0 Å². The van der Waals surface area contributed by atoms with Crippen molar-refractivity contribution in [2.75, 3.05) is 65.7 Å². The van der Waals surface area contributed by atoms with E-state index in [1.54, 1.807) is 17.1 Å². The predicted molar refractivity (Wildman–Crippen MR) is 140 cm³/mol. The molecule has 4 rings (SSSR count). The number of hydrogen-bond donors (Lipinski definition) is 1. The first-order valence-corrected chi connectivity index (χ1v) is 14.0. The zero-order valence-electron chi connectivity index (χ0n) is 22.6. The number of allylic oxidation sites excluding steroid dienone is 1. The molecule has 2 bridgehead atoms. The summed E-state index contributed by atoms with van der Waals surface area (Å²) in [4.78, 5) is 47.0. The number of unbranched alkanes of at least 4 members (excludes halogenated alkanes) is 1. The molecular formula is C28H43N3O7. The number of nitrogens with zero attached hydrogens (tertiary/aromatic N) is 3. The first kappa shape index (κ1) is 28.7. The molecule has 0 radical (unpaired) electrons. The Labute approximate surface area is 225 Å². The van der Waals surface area contributed by atoms with Crippen LogP contribution in [-0.4, -0.2) is 121 Å². The van der Waals surface area contributed by atoms with Crippen LogP contribution in [0.3, 0.4) is 0 Å². The molecule has 0 aliphatic carbocycles. The Kier molecular flexibility index (Phi) is 9.28. The second kappa shape index (κ2) is 12.3. The summed E-state index contributed by atoms with van der Waals surface area (Å²) in [5.74, 6) is -2.57. The van der Waals surface area contributed by atoms with E-state index in [1.165, 1.54) is 4.90 Å². The van der Waals surface area contributed by atoms with Crippen LogP contribution in [0.25, 0.3) is 0 Å². The van der Waals surface area contributed by atoms with Crippen LogP contribution in [0.4, 0.5) is 0 Å². The van der Waals surface area contributed by atoms with Gasteiger partial charge < -0.3 is 29.1 Å². The van der Waals surface area contributed by atoms with Crippen molar-refractivity contribution in [1.29, 1.82) is 0 Å². The van der Waals surface area contributed by atoms with Crippen molar-refractivity contribution >= 4 is 17.8 Å². The number of rotatable bonds is 14. The molecule has 2 amide bonds. The molecule has 4 heterocycles. The standard InChI is InChI=1S/C28H43N3O7/c1-4-7-8-18-37-26(35)22-21-24(33)31(14-17-32)23(28(21)10-9-27(22,6-3)38-28)25(34)30(11-5-2)13-12-29-15-19-36-20-16-29/h4-5,21-23,32H,1-2,6-20H2,3H3/t21-,22-,23?,27+,28?/m0/s1. The summed E-state index contributed by atoms with van der Waals surface area (Å²) in [6.07, 6.45) is 6.46. The molecule has 5 atom stereocenters. The molecule has 0 saturated carbocycles. The van der Waals surface area contributed by atoms with Crippen molar-refractivity contribution in [3.63, 3.8) is 0 Å². The van der Waals surface area contributed by atoms with Crippen molar-refractivity contribution in [2.24, 2.45) is 11.8 Å². The Hall–Kier alpha value is -2.27. The molecule has 10 nitrogen and oxygen atoms in total. The summed E-state index contributed by atoms with van der Waals surface area (Å²) in [5.41, 5.74) is -1.96. The lowest BCUT2D eigenvalue weighted by Gasteiger charge is -2.37. The number of hydrogen-bond acceptors (Lipinski definition) is 8. The number of carbonyl (C=O) groups excluding carboxylic acids is 3. The van der Waals surface area contributed by atoms with Gasteiger partial charge in [-0.2, -0.15) is 0 Å². The number of carbonyl (C=O) groups is 3. The van der Waals surface area contributed by atoms with E-state index in [4.69, 9.17) is 14.2 Å². The molecule has 38 heavy (non-hydrogen) atoms. The number of esters is 1. The normalized spacial score (nSPS) is 32.3. The Morgan fingerprint density at radius 1 is 1.21 bits per heavy atom. The van der Waals surface area contributed by atoms with Crippen molar-refractivity contribution in [2.45, 2.75) is 56.3 Å². The first-order chi connectivity index (χ1) is 18.4. The van der Waals surface area contributed by atoms with Crippen molar-refractivity contribution < 1.29 is 33.7 Å². The van der Waals surface area contributed by atoms with Crippen molar-refractivity contribution in [1.82, 2.24) is 14.7 Å². The first-order valence-electron chi connectivity index (χ1n) is 14.0. The number of likely N-dealkylation sites (tertiary alicyclic amines) is 1. The fourth-order valence-electron chi connectivity index (χ4n) is 6.90. The van der Waals surface area contributed by atoms with Gasteiger partial charge in [0.1, 0.15) is 17.6 Å². The average Bonchev–Trinajstić information content (AvgIpc) is 3.53. The maximum Gasteiger partial charge on any atom is 0.312 e. The minimum absolute atomic E-state index is 0.00245. The van der Waals surface area contributed by atoms with Crippen LogP contribution in [-0.2, 0) is 28.6 Å². The maximum absolute atomic E-state index is 14.2. The van der Waals surface area contributed by atoms with E-state index in [0.717, 1.165) is 19.5 Å². The van der Waals surface area contributed by atoms with Gasteiger partial charge in [-0.3, -0.25) is 19.3 Å². The average molecular weight is 534 g/mol. The van der Waals surface area contributed by atoms with Crippen LogP contribution in [0, 0.1) is 11.8 Å². The van der Waals surface area contributed by atoms with Crippen LogP contribution in [0.15, 0.2) is 25.3 Å². The number of amides is 2. The lowest BCUT2D eigenvalue weighted by Crippen LogP contribution is -2.57. The van der Waals surface area contributed by atoms with Crippen LogP contribution in [0.2, 0.25) is 0 Å². The summed E-state index contributed by atoms with van der Waals surface area (Å²) >= 11 is 0. The largest absolute Gasteiger partial charge is 0.465 e. The van der Waals surface area contributed by atoms with Crippen molar-refractivity contribution in [3.05, 3.63) is 25.3 Å². The summed E-state index contributed by atoms with van der Waals surface area (Å²) in [7, 11) is 0. The van der Waals surface area contributed by atoms with Gasteiger partial charge in [0.2, 0.25) is 11.8 Å². The topological polar surface area (TPSA) is 109 Å². The fraction of sp³-hybridized carbons (Fsp3) is 0.750. The van der Waals surface area contributed by atoms with Gasteiger partial charge in [0.25, 0.3) is 0 Å². The number of morpholine rings is 1. The molecule has 1 N–H and O–H groups in total. The van der Waals surface area contributed by atoms with Crippen LogP contribution < -0.4 is 0 Å². The minimum atomic E-state index is -1.12. The predicted octanol–water partition coefficient (Wildman–Crippen LogP) is 0.990. The number of ether oxygens (including phenoxy) is 3. The molecule has 4 aliphatic rings. The molecule has 0 aromatic carbocycles. The molecular weight excluding hydrogens is 490 g/mol. The highest BCUT2D eigenvalue weighted by Crippen LogP contribution is 2.64.